The van der Waals surface area contributed by atoms with E-state index >= 15 is 0 Å². The number of aromatic nitrogens is 2. The number of rotatable bonds is 3. The normalized spacial score (nSPS) is 10.5. The molecular formula is C9H11N5O. The van der Waals surface area contributed by atoms with Gasteiger partial charge in [-0.05, 0) is 19.9 Å². The Morgan fingerprint density at radius 3 is 2.87 bits per heavy atom. The molecule has 0 aliphatic heterocycles. The molecule has 0 aliphatic rings. The van der Waals surface area contributed by atoms with Crippen LogP contribution < -0.4 is 11.1 Å². The number of carbonyl (C=O) groups is 1. The molecule has 78 valence electrons. The number of nitrogens with two attached hydrogens (primary N) is 1. The monoisotopic (exact) mass is 205 g/mol. The van der Waals surface area contributed by atoms with E-state index in [-0.39, 0.29) is 11.6 Å². The molecule has 6 heteroatoms. The van der Waals surface area contributed by atoms with Gasteiger partial charge in [-0.25, -0.2) is 9.97 Å². The average molecular weight is 205 g/mol. The molecule has 0 spiro atoms. The van der Waals surface area contributed by atoms with Crippen LogP contribution in [0, 0.1) is 11.3 Å². The molecule has 1 heterocycles. The molecule has 0 aromatic carbocycles. The fourth-order valence-electron chi connectivity index (χ4n) is 0.822. The molecule has 6 nitrogen and oxygen atoms in total. The molecule has 1 rings (SSSR count). The van der Waals surface area contributed by atoms with Crippen molar-refractivity contribution < 1.29 is 4.79 Å². The highest BCUT2D eigenvalue weighted by Gasteiger charge is 2.25. The van der Waals surface area contributed by atoms with Crippen LogP contribution in [-0.2, 0) is 4.79 Å². The number of nitriles is 1. The van der Waals surface area contributed by atoms with Crippen LogP contribution in [0.2, 0.25) is 0 Å². The van der Waals surface area contributed by atoms with Gasteiger partial charge in [-0.1, -0.05) is 0 Å². The maximum Gasteiger partial charge on any atom is 0.242 e. The third-order valence-corrected chi connectivity index (χ3v) is 1.81. The Morgan fingerprint density at radius 2 is 2.33 bits per heavy atom. The van der Waals surface area contributed by atoms with E-state index in [4.69, 9.17) is 11.0 Å². The summed E-state index contributed by atoms with van der Waals surface area (Å²) in [7, 11) is 0. The smallest absolute Gasteiger partial charge is 0.242 e. The summed E-state index contributed by atoms with van der Waals surface area (Å²) >= 11 is 0. The van der Waals surface area contributed by atoms with E-state index in [1.165, 1.54) is 12.3 Å². The fourth-order valence-corrected chi connectivity index (χ4v) is 0.822. The quantitative estimate of drug-likeness (QED) is 0.724. The zero-order chi connectivity index (χ0) is 11.5. The third-order valence-electron chi connectivity index (χ3n) is 1.81. The molecule has 3 N–H and O–H groups in total. The van der Waals surface area contributed by atoms with Gasteiger partial charge in [0.2, 0.25) is 11.9 Å². The lowest BCUT2D eigenvalue weighted by Gasteiger charge is -2.21. The molecule has 0 atom stereocenters. The zero-order valence-electron chi connectivity index (χ0n) is 8.48. The molecule has 0 saturated carbocycles. The Morgan fingerprint density at radius 1 is 1.67 bits per heavy atom. The Bertz CT molecular complexity index is 421. The lowest BCUT2D eigenvalue weighted by atomic mass is 10.1. The number of carbonyl (C=O) groups excluding carboxylic acids is 1. The van der Waals surface area contributed by atoms with E-state index < -0.39 is 11.4 Å². The summed E-state index contributed by atoms with van der Waals surface area (Å²) in [5.74, 6) is -0.314. The van der Waals surface area contributed by atoms with Gasteiger partial charge in [0.25, 0.3) is 0 Å². The maximum atomic E-state index is 11.0. The summed E-state index contributed by atoms with van der Waals surface area (Å²) in [5.41, 5.74) is 4.45. The Hall–Kier alpha value is -2.16. The van der Waals surface area contributed by atoms with Crippen molar-refractivity contribution >= 4 is 11.9 Å². The average Bonchev–Trinajstić information content (AvgIpc) is 2.17. The van der Waals surface area contributed by atoms with Crippen LogP contribution in [0.15, 0.2) is 12.3 Å². The van der Waals surface area contributed by atoms with Crippen LogP contribution in [0.1, 0.15) is 19.5 Å². The highest BCUT2D eigenvalue weighted by atomic mass is 16.1. The van der Waals surface area contributed by atoms with E-state index in [1.54, 1.807) is 13.8 Å². The summed E-state index contributed by atoms with van der Waals surface area (Å²) in [6.45, 7) is 3.22. The first-order valence-corrected chi connectivity index (χ1v) is 4.27. The van der Waals surface area contributed by atoms with E-state index in [1.807, 2.05) is 6.07 Å². The minimum Gasteiger partial charge on any atom is -0.368 e. The van der Waals surface area contributed by atoms with E-state index in [9.17, 15) is 4.79 Å². The van der Waals surface area contributed by atoms with Crippen molar-refractivity contribution in [2.24, 2.45) is 5.73 Å². The predicted octanol–water partition coefficient (Wildman–Crippen LogP) is 0.0241. The van der Waals surface area contributed by atoms with Crippen LogP contribution in [0.4, 0.5) is 5.95 Å². The number of amides is 1. The van der Waals surface area contributed by atoms with Gasteiger partial charge in [0.15, 0.2) is 0 Å². The van der Waals surface area contributed by atoms with Crippen molar-refractivity contribution in [3.63, 3.8) is 0 Å². The fraction of sp³-hybridized carbons (Fsp3) is 0.333. The van der Waals surface area contributed by atoms with Gasteiger partial charge < -0.3 is 11.1 Å². The minimum absolute atomic E-state index is 0.206. The van der Waals surface area contributed by atoms with Crippen molar-refractivity contribution in [2.75, 3.05) is 5.32 Å². The van der Waals surface area contributed by atoms with E-state index in [2.05, 4.69) is 15.3 Å². The van der Waals surface area contributed by atoms with Crippen LogP contribution in [0.25, 0.3) is 0 Å². The Balaban J connectivity index is 2.91. The van der Waals surface area contributed by atoms with Crippen LogP contribution in [-0.4, -0.2) is 21.4 Å². The number of hydrogen-bond donors (Lipinski definition) is 2. The van der Waals surface area contributed by atoms with E-state index in [0.29, 0.717) is 0 Å². The topological polar surface area (TPSA) is 105 Å². The Kier molecular flexibility index (Phi) is 2.85. The van der Waals surface area contributed by atoms with E-state index in [0.717, 1.165) is 0 Å². The molecule has 0 bridgehead atoms. The number of primary amides is 1. The third kappa shape index (κ3) is 2.64. The molecule has 15 heavy (non-hydrogen) atoms. The number of nitrogens with one attached hydrogen (secondary N) is 1. The number of anilines is 1. The lowest BCUT2D eigenvalue weighted by Crippen LogP contribution is -2.45. The van der Waals surface area contributed by atoms with Crippen molar-refractivity contribution in [3.05, 3.63) is 18.0 Å². The standard InChI is InChI=1S/C9H11N5O/c1-9(2,7(11)15)14-8-12-4-3-6(5-10)13-8/h3-4H,1-2H3,(H2,11,15)(H,12,13,14). The predicted molar refractivity (Wildman–Crippen MR) is 53.6 cm³/mol. The first-order valence-electron chi connectivity index (χ1n) is 4.27. The largest absolute Gasteiger partial charge is 0.368 e. The number of hydrogen-bond acceptors (Lipinski definition) is 5. The highest BCUT2D eigenvalue weighted by molar-refractivity contribution is 5.86. The molecule has 0 radical (unpaired) electrons. The summed E-state index contributed by atoms with van der Waals surface area (Å²) in [6.07, 6.45) is 1.44. The van der Waals surface area contributed by atoms with Crippen LogP contribution in [0.3, 0.4) is 0 Å². The summed E-state index contributed by atoms with van der Waals surface area (Å²) < 4.78 is 0. The van der Waals surface area contributed by atoms with Gasteiger partial charge in [0.1, 0.15) is 17.3 Å². The van der Waals surface area contributed by atoms with Crippen molar-refractivity contribution in [2.45, 2.75) is 19.4 Å². The van der Waals surface area contributed by atoms with Gasteiger partial charge in [-0.2, -0.15) is 5.26 Å². The molecule has 0 saturated heterocycles. The number of nitrogens with zero attached hydrogens (tertiary/aromatic N) is 3. The second kappa shape index (κ2) is 3.92. The molecule has 1 aromatic heterocycles. The van der Waals surface area contributed by atoms with Crippen LogP contribution in [0.5, 0.6) is 0 Å². The molecule has 0 fully saturated rings. The maximum absolute atomic E-state index is 11.0. The van der Waals surface area contributed by atoms with Gasteiger partial charge in [-0.15, -0.1) is 0 Å². The first-order chi connectivity index (χ1) is 6.95. The highest BCUT2D eigenvalue weighted by Crippen LogP contribution is 2.09. The zero-order valence-corrected chi connectivity index (χ0v) is 8.48. The molecule has 0 unspecified atom stereocenters. The SMILES string of the molecule is CC(C)(Nc1nccc(C#N)n1)C(N)=O. The second-order valence-corrected chi connectivity index (χ2v) is 3.49. The first kappa shape index (κ1) is 10.9. The van der Waals surface area contributed by atoms with Crippen molar-refractivity contribution in [1.82, 2.24) is 9.97 Å². The molecule has 1 aromatic rings. The molecule has 1 amide bonds. The molecule has 0 aliphatic carbocycles. The van der Waals surface area contributed by atoms with Crippen LogP contribution >= 0.6 is 0 Å². The van der Waals surface area contributed by atoms with Crippen molar-refractivity contribution in [1.29, 1.82) is 5.26 Å². The van der Waals surface area contributed by atoms with Crippen molar-refractivity contribution in [3.8, 4) is 6.07 Å². The summed E-state index contributed by atoms with van der Waals surface area (Å²) in [4.78, 5) is 18.8. The summed E-state index contributed by atoms with van der Waals surface area (Å²) in [5, 5.41) is 11.4. The van der Waals surface area contributed by atoms with Gasteiger partial charge in [0.05, 0.1) is 0 Å². The second-order valence-electron chi connectivity index (χ2n) is 3.49. The molecular weight excluding hydrogens is 194 g/mol. The van der Waals surface area contributed by atoms with Gasteiger partial charge in [0, 0.05) is 6.20 Å². The Labute approximate surface area is 87.1 Å². The van der Waals surface area contributed by atoms with Gasteiger partial charge >= 0.3 is 0 Å². The summed E-state index contributed by atoms with van der Waals surface area (Å²) in [6, 6.07) is 3.35. The minimum atomic E-state index is -0.950. The lowest BCUT2D eigenvalue weighted by molar-refractivity contribution is -0.121. The van der Waals surface area contributed by atoms with Gasteiger partial charge in [-0.3, -0.25) is 4.79 Å².